The van der Waals surface area contributed by atoms with Crippen LogP contribution < -0.4 is 19.1 Å². The number of nitrogens with zero attached hydrogens (tertiary/aromatic N) is 1. The van der Waals surface area contributed by atoms with E-state index in [1.54, 1.807) is 88.1 Å². The van der Waals surface area contributed by atoms with Crippen molar-refractivity contribution in [1.29, 1.82) is 0 Å². The van der Waals surface area contributed by atoms with Crippen LogP contribution in [0.25, 0.3) is 6.08 Å². The highest BCUT2D eigenvalue weighted by atomic mass is 16.5. The second kappa shape index (κ2) is 9.98. The van der Waals surface area contributed by atoms with Gasteiger partial charge in [0, 0.05) is 33.9 Å². The maximum atomic E-state index is 14.9. The maximum absolute atomic E-state index is 14.9. The Morgan fingerprint density at radius 2 is 1.37 bits per heavy atom. The molecule has 2 aliphatic heterocycles. The Morgan fingerprint density at radius 1 is 0.744 bits per heavy atom. The number of hydrogen-bond donors (Lipinski definition) is 0. The zero-order valence-corrected chi connectivity index (χ0v) is 23.9. The molecule has 1 spiro atoms. The Kier molecular flexibility index (Phi) is 6.20. The molecular formula is C36H29NO6. The van der Waals surface area contributed by atoms with Crippen LogP contribution in [0.3, 0.4) is 0 Å². The number of carbonyl (C=O) groups is 3. The Balaban J connectivity index is 1.56. The summed E-state index contributed by atoms with van der Waals surface area (Å²) in [6.45, 7) is 0. The zero-order valence-electron chi connectivity index (χ0n) is 23.9. The van der Waals surface area contributed by atoms with Gasteiger partial charge in [0.2, 0.25) is 0 Å². The lowest BCUT2D eigenvalue weighted by atomic mass is 9.64. The number of hydrogen-bond acceptors (Lipinski definition) is 7. The summed E-state index contributed by atoms with van der Waals surface area (Å²) in [7, 11) is 4.67. The van der Waals surface area contributed by atoms with Crippen molar-refractivity contribution in [1.82, 2.24) is 0 Å². The normalized spacial score (nSPS) is 20.9. The number of para-hydroxylation sites is 1. The molecule has 0 N–H and O–H groups in total. The van der Waals surface area contributed by atoms with Crippen LogP contribution in [0, 0.1) is 5.41 Å². The average molecular weight is 572 g/mol. The van der Waals surface area contributed by atoms with Gasteiger partial charge < -0.3 is 19.1 Å². The van der Waals surface area contributed by atoms with Gasteiger partial charge in [0.25, 0.3) is 0 Å². The summed E-state index contributed by atoms with van der Waals surface area (Å²) in [5.41, 5.74) is 1.77. The number of benzene rings is 4. The van der Waals surface area contributed by atoms with E-state index in [2.05, 4.69) is 0 Å². The third-order valence-corrected chi connectivity index (χ3v) is 9.13. The van der Waals surface area contributed by atoms with Crippen molar-refractivity contribution >= 4 is 29.1 Å². The molecule has 1 saturated heterocycles. The van der Waals surface area contributed by atoms with Gasteiger partial charge in [-0.15, -0.1) is 0 Å². The van der Waals surface area contributed by atoms with Gasteiger partial charge in [-0.3, -0.25) is 14.4 Å². The minimum atomic E-state index is -1.64. The van der Waals surface area contributed by atoms with Crippen LogP contribution in [0.4, 0.5) is 5.69 Å². The molecule has 3 aliphatic rings. The first kappa shape index (κ1) is 26.7. The molecule has 1 fully saturated rings. The SMILES string of the molecule is COc1ccc(C(=O)[C@@H]2[C@H](c3cc(OC)ccc3OC)C3(C(=O)c4ccccc4C3=O)[C@H]3C=Cc4ccccc4N23)cc1. The highest BCUT2D eigenvalue weighted by Crippen LogP contribution is 2.62. The average Bonchev–Trinajstić information content (AvgIpc) is 3.50. The fourth-order valence-electron chi connectivity index (χ4n) is 7.27. The summed E-state index contributed by atoms with van der Waals surface area (Å²) in [6, 6.07) is 25.2. The lowest BCUT2D eigenvalue weighted by molar-refractivity contribution is 0.0664. The lowest BCUT2D eigenvalue weighted by Gasteiger charge is -2.37. The molecule has 7 heteroatoms. The monoisotopic (exact) mass is 571 g/mol. The van der Waals surface area contributed by atoms with Gasteiger partial charge in [-0.05, 0) is 54.1 Å². The van der Waals surface area contributed by atoms with E-state index in [1.807, 2.05) is 41.3 Å². The van der Waals surface area contributed by atoms with Crippen LogP contribution in [-0.4, -0.2) is 50.8 Å². The molecular weight excluding hydrogens is 542 g/mol. The van der Waals surface area contributed by atoms with Crippen LogP contribution in [0.5, 0.6) is 17.2 Å². The number of methoxy groups -OCH3 is 3. The molecule has 0 aromatic heterocycles. The third kappa shape index (κ3) is 3.64. The van der Waals surface area contributed by atoms with Crippen LogP contribution in [0.15, 0.2) is 97.1 Å². The molecule has 4 aromatic carbocycles. The van der Waals surface area contributed by atoms with Crippen molar-refractivity contribution in [2.75, 3.05) is 26.2 Å². The van der Waals surface area contributed by atoms with Gasteiger partial charge >= 0.3 is 0 Å². The second-order valence-corrected chi connectivity index (χ2v) is 11.0. The molecule has 0 amide bonds. The first-order valence-electron chi connectivity index (χ1n) is 14.1. The van der Waals surface area contributed by atoms with Gasteiger partial charge in [-0.2, -0.15) is 0 Å². The molecule has 7 rings (SSSR count). The predicted octanol–water partition coefficient (Wildman–Crippen LogP) is 6.03. The Morgan fingerprint density at radius 3 is 2.02 bits per heavy atom. The second-order valence-electron chi connectivity index (χ2n) is 11.0. The minimum Gasteiger partial charge on any atom is -0.497 e. The van der Waals surface area contributed by atoms with Crippen LogP contribution >= 0.6 is 0 Å². The molecule has 1 aliphatic carbocycles. The van der Waals surface area contributed by atoms with E-state index in [0.717, 1.165) is 11.3 Å². The fourth-order valence-corrected chi connectivity index (χ4v) is 7.27. The number of carbonyl (C=O) groups excluding carboxylic acids is 3. The summed E-state index contributed by atoms with van der Waals surface area (Å²) >= 11 is 0. The van der Waals surface area contributed by atoms with Gasteiger partial charge in [0.05, 0.1) is 27.4 Å². The zero-order chi connectivity index (χ0) is 29.9. The van der Waals surface area contributed by atoms with Gasteiger partial charge in [-0.1, -0.05) is 54.6 Å². The van der Waals surface area contributed by atoms with Crippen LogP contribution in [0.2, 0.25) is 0 Å². The van der Waals surface area contributed by atoms with Crippen LogP contribution in [-0.2, 0) is 0 Å². The highest BCUT2D eigenvalue weighted by Gasteiger charge is 2.72. The summed E-state index contributed by atoms with van der Waals surface area (Å²) in [5.74, 6) is -0.129. The lowest BCUT2D eigenvalue weighted by Crippen LogP contribution is -2.48. The molecule has 0 radical (unpaired) electrons. The summed E-state index contributed by atoms with van der Waals surface area (Å²) in [5, 5.41) is 0. The van der Waals surface area contributed by atoms with E-state index in [9.17, 15) is 14.4 Å². The standard InChI is InChI=1S/C36H29NO6/c1-41-23-15-12-22(13-16-23)33(38)32-31(27-20-24(42-2)17-18-29(27)43-3)36(34(39)25-9-5-6-10-26(25)35(36)40)30-19-14-21-8-4-7-11-28(21)37(30)32/h4-20,30-32H,1-3H3/t30-,31+,32+/m1/s1. The van der Waals surface area contributed by atoms with E-state index >= 15 is 0 Å². The first-order chi connectivity index (χ1) is 20.9. The topological polar surface area (TPSA) is 82.1 Å². The van der Waals surface area contributed by atoms with Crippen molar-refractivity contribution in [2.45, 2.75) is 18.0 Å². The molecule has 0 unspecified atom stereocenters. The van der Waals surface area contributed by atoms with Crippen molar-refractivity contribution < 1.29 is 28.6 Å². The molecule has 43 heavy (non-hydrogen) atoms. The number of anilines is 1. The predicted molar refractivity (Wildman–Crippen MR) is 163 cm³/mol. The van der Waals surface area contributed by atoms with Crippen molar-refractivity contribution in [3.05, 3.63) is 125 Å². The summed E-state index contributed by atoms with van der Waals surface area (Å²) in [6.07, 6.45) is 3.85. The van der Waals surface area contributed by atoms with Gasteiger partial charge in [0.15, 0.2) is 17.3 Å². The number of rotatable bonds is 6. The quantitative estimate of drug-likeness (QED) is 0.207. The van der Waals surface area contributed by atoms with E-state index in [0.29, 0.717) is 39.5 Å². The number of Topliss-reactive ketones (excluding diaryl/α,β-unsaturated/α-hetero) is 3. The first-order valence-corrected chi connectivity index (χ1v) is 14.1. The molecule has 7 nitrogen and oxygen atoms in total. The molecule has 3 atom stereocenters. The maximum Gasteiger partial charge on any atom is 0.185 e. The van der Waals surface area contributed by atoms with E-state index in [1.165, 1.54) is 0 Å². The minimum absolute atomic E-state index is 0.221. The number of fused-ring (bicyclic) bond motifs is 5. The smallest absolute Gasteiger partial charge is 0.185 e. The van der Waals surface area contributed by atoms with Crippen LogP contribution in [0.1, 0.15) is 48.1 Å². The highest BCUT2D eigenvalue weighted by molar-refractivity contribution is 6.32. The largest absolute Gasteiger partial charge is 0.497 e. The Labute approximate surface area is 249 Å². The number of ketones is 3. The van der Waals surface area contributed by atoms with Gasteiger partial charge in [-0.25, -0.2) is 0 Å². The molecule has 0 saturated carbocycles. The van der Waals surface area contributed by atoms with Gasteiger partial charge in [0.1, 0.15) is 28.7 Å². The number of ether oxygens (including phenoxy) is 3. The molecule has 4 aromatic rings. The summed E-state index contributed by atoms with van der Waals surface area (Å²) < 4.78 is 16.8. The van der Waals surface area contributed by atoms with E-state index in [-0.39, 0.29) is 17.3 Å². The summed E-state index contributed by atoms with van der Waals surface area (Å²) in [4.78, 5) is 46.5. The van der Waals surface area contributed by atoms with E-state index in [4.69, 9.17) is 14.2 Å². The Hall–Kier alpha value is -5.17. The molecule has 0 bridgehead atoms. The van der Waals surface area contributed by atoms with Crippen molar-refractivity contribution in [2.24, 2.45) is 5.41 Å². The van der Waals surface area contributed by atoms with Crippen molar-refractivity contribution in [3.63, 3.8) is 0 Å². The molecule has 2 heterocycles. The van der Waals surface area contributed by atoms with E-state index < -0.39 is 23.4 Å². The third-order valence-electron chi connectivity index (χ3n) is 9.13. The molecule has 214 valence electrons. The fraction of sp³-hybridized carbons (Fsp3) is 0.194. The Bertz CT molecular complexity index is 1790. The van der Waals surface area contributed by atoms with Crippen molar-refractivity contribution in [3.8, 4) is 17.2 Å².